The topological polar surface area (TPSA) is 95.0 Å². The average Bonchev–Trinajstić information content (AvgIpc) is 2.38. The van der Waals surface area contributed by atoms with E-state index in [1.165, 1.54) is 26.2 Å². The van der Waals surface area contributed by atoms with Crippen LogP contribution in [-0.4, -0.2) is 61.8 Å². The van der Waals surface area contributed by atoms with Crippen molar-refractivity contribution in [2.75, 3.05) is 27.2 Å². The van der Waals surface area contributed by atoms with Crippen molar-refractivity contribution in [2.45, 2.75) is 4.90 Å². The van der Waals surface area contributed by atoms with Gasteiger partial charge in [0.15, 0.2) is 0 Å². The highest BCUT2D eigenvalue weighted by atomic mass is 79.9. The maximum atomic E-state index is 12.2. The summed E-state index contributed by atoms with van der Waals surface area (Å²) in [5, 5.41) is 8.60. The van der Waals surface area contributed by atoms with Crippen LogP contribution in [0, 0.1) is 0 Å². The van der Waals surface area contributed by atoms with Crippen molar-refractivity contribution >= 4 is 37.8 Å². The van der Waals surface area contributed by atoms with Crippen molar-refractivity contribution in [3.05, 3.63) is 28.7 Å². The zero-order valence-electron chi connectivity index (χ0n) is 11.5. The van der Waals surface area contributed by atoms with E-state index in [4.69, 9.17) is 5.11 Å². The van der Waals surface area contributed by atoms with Crippen molar-refractivity contribution in [1.29, 1.82) is 0 Å². The molecule has 0 aromatic heterocycles. The first-order valence-electron chi connectivity index (χ1n) is 5.82. The van der Waals surface area contributed by atoms with E-state index in [1.807, 2.05) is 0 Å². The first-order valence-corrected chi connectivity index (χ1v) is 8.05. The highest BCUT2D eigenvalue weighted by molar-refractivity contribution is 9.10. The summed E-state index contributed by atoms with van der Waals surface area (Å²) in [4.78, 5) is 23.3. The molecule has 0 bridgehead atoms. The van der Waals surface area contributed by atoms with E-state index in [-0.39, 0.29) is 4.90 Å². The molecule has 0 fully saturated rings. The lowest BCUT2D eigenvalue weighted by molar-refractivity contribution is -0.143. The van der Waals surface area contributed by atoms with E-state index in [9.17, 15) is 18.0 Å². The van der Waals surface area contributed by atoms with Gasteiger partial charge in [0.1, 0.15) is 6.54 Å². The Balaban J connectivity index is 2.82. The Labute approximate surface area is 131 Å². The molecule has 1 aromatic carbocycles. The number of amides is 1. The van der Waals surface area contributed by atoms with Gasteiger partial charge in [-0.2, -0.15) is 4.31 Å². The summed E-state index contributed by atoms with van der Waals surface area (Å²) in [6.45, 7) is -0.910. The van der Waals surface area contributed by atoms with Crippen molar-refractivity contribution in [1.82, 2.24) is 9.21 Å². The smallest absolute Gasteiger partial charge is 0.323 e. The Morgan fingerprint density at radius 3 is 2.14 bits per heavy atom. The van der Waals surface area contributed by atoms with Gasteiger partial charge in [-0.25, -0.2) is 8.42 Å². The first kappa shape index (κ1) is 17.6. The van der Waals surface area contributed by atoms with Gasteiger partial charge < -0.3 is 10.0 Å². The fourth-order valence-electron chi connectivity index (χ4n) is 1.47. The number of rotatable bonds is 6. The molecule has 1 amide bonds. The third-order valence-corrected chi connectivity index (χ3v) is 5.02. The molecule has 0 spiro atoms. The van der Waals surface area contributed by atoms with E-state index >= 15 is 0 Å². The zero-order valence-corrected chi connectivity index (χ0v) is 13.9. The number of hydrogen-bond donors (Lipinski definition) is 1. The quantitative estimate of drug-likeness (QED) is 0.782. The van der Waals surface area contributed by atoms with Gasteiger partial charge in [-0.3, -0.25) is 9.59 Å². The van der Waals surface area contributed by atoms with E-state index < -0.39 is 35.0 Å². The Morgan fingerprint density at radius 1 is 1.14 bits per heavy atom. The molecule has 0 aliphatic carbocycles. The molecule has 1 N–H and O–H groups in total. The summed E-state index contributed by atoms with van der Waals surface area (Å²) in [6.07, 6.45) is 0. The summed E-state index contributed by atoms with van der Waals surface area (Å²) in [5.74, 6) is -1.76. The average molecular weight is 379 g/mol. The summed E-state index contributed by atoms with van der Waals surface area (Å²) in [6, 6.07) is 6.00. The van der Waals surface area contributed by atoms with Gasteiger partial charge in [0.25, 0.3) is 0 Å². The van der Waals surface area contributed by atoms with Crippen molar-refractivity contribution in [2.24, 2.45) is 0 Å². The molecule has 116 valence electrons. The molecule has 0 saturated carbocycles. The lowest BCUT2D eigenvalue weighted by Gasteiger charge is -2.20. The minimum Gasteiger partial charge on any atom is -0.480 e. The van der Waals surface area contributed by atoms with Crippen LogP contribution in [0.4, 0.5) is 0 Å². The number of carboxylic acid groups (broad SMARTS) is 1. The van der Waals surface area contributed by atoms with Crippen LogP contribution in [0.25, 0.3) is 0 Å². The number of nitrogens with zero attached hydrogens (tertiary/aromatic N) is 2. The van der Waals surface area contributed by atoms with Gasteiger partial charge in [0.05, 0.1) is 11.4 Å². The van der Waals surface area contributed by atoms with Crippen LogP contribution in [0.5, 0.6) is 0 Å². The maximum absolute atomic E-state index is 12.2. The van der Waals surface area contributed by atoms with Crippen LogP contribution in [0.15, 0.2) is 33.6 Å². The van der Waals surface area contributed by atoms with Gasteiger partial charge in [0, 0.05) is 18.6 Å². The second kappa shape index (κ2) is 7.01. The number of benzene rings is 1. The third kappa shape index (κ3) is 4.80. The molecule has 0 aliphatic rings. The third-order valence-electron chi connectivity index (χ3n) is 2.68. The highest BCUT2D eigenvalue weighted by Crippen LogP contribution is 2.17. The Bertz CT molecular complexity index is 630. The molecule has 0 saturated heterocycles. The monoisotopic (exact) mass is 378 g/mol. The minimum absolute atomic E-state index is 0.0573. The molecular weight excluding hydrogens is 364 g/mol. The molecule has 0 heterocycles. The zero-order chi connectivity index (χ0) is 16.2. The fourth-order valence-corrected chi connectivity index (χ4v) is 2.86. The first-order chi connectivity index (χ1) is 9.64. The number of carbonyl (C=O) groups excluding carboxylic acids is 1. The van der Waals surface area contributed by atoms with Crippen molar-refractivity contribution in [3.63, 3.8) is 0 Å². The Hall–Kier alpha value is -1.45. The number of aliphatic carboxylic acids is 1. The highest BCUT2D eigenvalue weighted by Gasteiger charge is 2.24. The SMILES string of the molecule is CN(CC(=O)O)C(=O)CN(C)S(=O)(=O)c1ccc(Br)cc1. The van der Waals surface area contributed by atoms with Crippen LogP contribution < -0.4 is 0 Å². The van der Waals surface area contributed by atoms with E-state index in [0.29, 0.717) is 0 Å². The maximum Gasteiger partial charge on any atom is 0.323 e. The molecule has 0 radical (unpaired) electrons. The molecule has 9 heteroatoms. The van der Waals surface area contributed by atoms with E-state index in [1.54, 1.807) is 12.1 Å². The van der Waals surface area contributed by atoms with Crippen LogP contribution in [-0.2, 0) is 19.6 Å². The number of sulfonamides is 1. The summed E-state index contributed by atoms with van der Waals surface area (Å²) in [7, 11) is -1.23. The molecule has 21 heavy (non-hydrogen) atoms. The number of likely N-dealkylation sites (N-methyl/N-ethyl adjacent to an activating group) is 2. The molecule has 0 unspecified atom stereocenters. The molecular formula is C12H15BrN2O5S. The van der Waals surface area contributed by atoms with E-state index in [0.717, 1.165) is 13.7 Å². The fraction of sp³-hybridized carbons (Fsp3) is 0.333. The van der Waals surface area contributed by atoms with Crippen LogP contribution >= 0.6 is 15.9 Å². The number of halogens is 1. The van der Waals surface area contributed by atoms with Crippen LogP contribution in [0.3, 0.4) is 0 Å². The van der Waals surface area contributed by atoms with Crippen LogP contribution in [0.1, 0.15) is 0 Å². The molecule has 7 nitrogen and oxygen atoms in total. The summed E-state index contributed by atoms with van der Waals surface area (Å²) < 4.78 is 26.1. The van der Waals surface area contributed by atoms with Gasteiger partial charge in [-0.15, -0.1) is 0 Å². The van der Waals surface area contributed by atoms with Gasteiger partial charge >= 0.3 is 5.97 Å². The molecule has 0 aliphatic heterocycles. The number of carboxylic acids is 1. The van der Waals surface area contributed by atoms with Gasteiger partial charge in [-0.05, 0) is 24.3 Å². The molecule has 0 atom stereocenters. The molecule has 1 aromatic rings. The second-order valence-corrected chi connectivity index (χ2v) is 7.32. The number of carbonyl (C=O) groups is 2. The summed E-state index contributed by atoms with van der Waals surface area (Å²) >= 11 is 3.21. The molecule has 1 rings (SSSR count). The summed E-state index contributed by atoms with van der Waals surface area (Å²) in [5.41, 5.74) is 0. The second-order valence-electron chi connectivity index (χ2n) is 4.36. The Morgan fingerprint density at radius 2 is 1.67 bits per heavy atom. The normalized spacial score (nSPS) is 11.4. The Kier molecular flexibility index (Phi) is 5.87. The largest absolute Gasteiger partial charge is 0.480 e. The lowest BCUT2D eigenvalue weighted by Crippen LogP contribution is -2.41. The predicted molar refractivity (Wildman–Crippen MR) is 79.2 cm³/mol. The standard InChI is InChI=1S/C12H15BrN2O5S/c1-14(8-12(17)18)11(16)7-15(2)21(19,20)10-5-3-9(13)4-6-10/h3-6H,7-8H2,1-2H3,(H,17,18). The van der Waals surface area contributed by atoms with Crippen LogP contribution in [0.2, 0.25) is 0 Å². The van der Waals surface area contributed by atoms with E-state index in [2.05, 4.69) is 15.9 Å². The van der Waals surface area contributed by atoms with Gasteiger partial charge in [0.2, 0.25) is 15.9 Å². The van der Waals surface area contributed by atoms with Crippen molar-refractivity contribution < 1.29 is 23.1 Å². The van der Waals surface area contributed by atoms with Gasteiger partial charge in [-0.1, -0.05) is 15.9 Å². The minimum atomic E-state index is -3.80. The lowest BCUT2D eigenvalue weighted by atomic mass is 10.4. The predicted octanol–water partition coefficient (Wildman–Crippen LogP) is 0.613. The van der Waals surface area contributed by atoms with Crippen molar-refractivity contribution in [3.8, 4) is 0 Å². The number of hydrogen-bond acceptors (Lipinski definition) is 4.